The van der Waals surface area contributed by atoms with Crippen LogP contribution in [0.2, 0.25) is 0 Å². The van der Waals surface area contributed by atoms with Crippen molar-refractivity contribution in [1.29, 1.82) is 0 Å². The monoisotopic (exact) mass is 350 g/mol. The van der Waals surface area contributed by atoms with Crippen molar-refractivity contribution in [3.05, 3.63) is 46.4 Å². The second kappa shape index (κ2) is 6.33. The van der Waals surface area contributed by atoms with Crippen molar-refractivity contribution in [2.75, 3.05) is 0 Å². The molecule has 0 saturated heterocycles. The van der Waals surface area contributed by atoms with Crippen LogP contribution in [0.5, 0.6) is 0 Å². The van der Waals surface area contributed by atoms with Crippen LogP contribution in [0.3, 0.4) is 0 Å². The summed E-state index contributed by atoms with van der Waals surface area (Å²) in [5, 5.41) is 4.94. The van der Waals surface area contributed by atoms with E-state index in [1.165, 1.54) is 0 Å². The van der Waals surface area contributed by atoms with Gasteiger partial charge in [0.05, 0.1) is 11.0 Å². The minimum absolute atomic E-state index is 0.158. The van der Waals surface area contributed by atoms with Gasteiger partial charge in [-0.25, -0.2) is 0 Å². The lowest BCUT2D eigenvalue weighted by Crippen LogP contribution is -2.42. The Morgan fingerprint density at radius 1 is 1.30 bits per heavy atom. The van der Waals surface area contributed by atoms with Crippen LogP contribution in [-0.2, 0) is 0 Å². The average Bonchev–Trinajstić information content (AvgIpc) is 2.43. The van der Waals surface area contributed by atoms with Crippen molar-refractivity contribution < 1.29 is 4.79 Å². The summed E-state index contributed by atoms with van der Waals surface area (Å²) in [6, 6.07) is 11.3. The van der Waals surface area contributed by atoms with Crippen molar-refractivity contribution in [2.24, 2.45) is 5.73 Å². The first-order valence-electron chi connectivity index (χ1n) is 6.30. The predicted octanol–water partition coefficient (Wildman–Crippen LogP) is 3.40. The molecule has 2 rings (SSSR count). The highest BCUT2D eigenvalue weighted by atomic mass is 79.9. The minimum atomic E-state index is -0.266. The number of benzene rings is 2. The first-order chi connectivity index (χ1) is 9.51. The fourth-order valence-electron chi connectivity index (χ4n) is 1.97. The molecule has 0 aliphatic carbocycles. The zero-order chi connectivity index (χ0) is 14.7. The average molecular weight is 351 g/mol. The first kappa shape index (κ1) is 14.9. The molecule has 0 saturated carbocycles. The Hall–Kier alpha value is -1.46. The SMILES string of the molecule is CCC(NC(=O)c1ccc2cc(Br)ccc2c1)C(N)=S. The van der Waals surface area contributed by atoms with Gasteiger partial charge in [-0.2, -0.15) is 0 Å². The van der Waals surface area contributed by atoms with Gasteiger partial charge in [0.1, 0.15) is 0 Å². The summed E-state index contributed by atoms with van der Waals surface area (Å²) in [4.78, 5) is 12.5. The highest BCUT2D eigenvalue weighted by Gasteiger charge is 2.14. The second-order valence-electron chi connectivity index (χ2n) is 4.54. The van der Waals surface area contributed by atoms with E-state index in [1.54, 1.807) is 6.07 Å². The van der Waals surface area contributed by atoms with E-state index in [0.717, 1.165) is 15.2 Å². The number of hydrogen-bond acceptors (Lipinski definition) is 2. The van der Waals surface area contributed by atoms with Gasteiger partial charge in [0.25, 0.3) is 5.91 Å². The smallest absolute Gasteiger partial charge is 0.251 e. The Kier molecular flexibility index (Phi) is 4.73. The molecule has 3 nitrogen and oxygen atoms in total. The van der Waals surface area contributed by atoms with Gasteiger partial charge >= 0.3 is 0 Å². The maximum absolute atomic E-state index is 12.2. The number of nitrogens with two attached hydrogens (primary N) is 1. The number of rotatable bonds is 4. The standard InChI is InChI=1S/C15H15BrN2OS/c1-2-13(14(17)20)18-15(19)11-4-3-10-8-12(16)6-5-9(10)7-11/h3-8,13H,2H2,1H3,(H2,17,20)(H,18,19). The summed E-state index contributed by atoms with van der Waals surface area (Å²) in [5.74, 6) is -0.158. The molecule has 0 radical (unpaired) electrons. The van der Waals surface area contributed by atoms with Crippen molar-refractivity contribution in [2.45, 2.75) is 19.4 Å². The van der Waals surface area contributed by atoms with E-state index in [-0.39, 0.29) is 11.9 Å². The summed E-state index contributed by atoms with van der Waals surface area (Å²) in [5.41, 5.74) is 6.20. The Balaban J connectivity index is 2.26. The molecule has 1 amide bonds. The van der Waals surface area contributed by atoms with Crippen LogP contribution in [0.15, 0.2) is 40.9 Å². The number of thiocarbonyl (C=S) groups is 1. The molecule has 104 valence electrons. The van der Waals surface area contributed by atoms with E-state index in [1.807, 2.05) is 37.3 Å². The minimum Gasteiger partial charge on any atom is -0.392 e. The van der Waals surface area contributed by atoms with Gasteiger partial charge in [-0.1, -0.05) is 47.2 Å². The molecule has 5 heteroatoms. The summed E-state index contributed by atoms with van der Waals surface area (Å²) < 4.78 is 1.02. The molecule has 1 unspecified atom stereocenters. The van der Waals surface area contributed by atoms with Gasteiger partial charge in [0, 0.05) is 10.0 Å². The third-order valence-corrected chi connectivity index (χ3v) is 3.90. The lowest BCUT2D eigenvalue weighted by molar-refractivity contribution is 0.0946. The number of amides is 1. The largest absolute Gasteiger partial charge is 0.392 e. The lowest BCUT2D eigenvalue weighted by Gasteiger charge is -2.15. The second-order valence-corrected chi connectivity index (χ2v) is 5.93. The topological polar surface area (TPSA) is 55.1 Å². The van der Waals surface area contributed by atoms with Crippen molar-refractivity contribution in [3.8, 4) is 0 Å². The van der Waals surface area contributed by atoms with Gasteiger partial charge in [0.15, 0.2) is 0 Å². The normalized spacial score (nSPS) is 12.1. The van der Waals surface area contributed by atoms with Crippen LogP contribution in [0.4, 0.5) is 0 Å². The molecular formula is C15H15BrN2OS. The van der Waals surface area contributed by atoms with E-state index in [9.17, 15) is 4.79 Å². The van der Waals surface area contributed by atoms with Crippen LogP contribution in [0.25, 0.3) is 10.8 Å². The highest BCUT2D eigenvalue weighted by Crippen LogP contribution is 2.21. The van der Waals surface area contributed by atoms with Crippen molar-refractivity contribution in [1.82, 2.24) is 5.32 Å². The number of carbonyl (C=O) groups is 1. The molecule has 0 heterocycles. The van der Waals surface area contributed by atoms with Gasteiger partial charge in [-0.3, -0.25) is 4.79 Å². The van der Waals surface area contributed by atoms with Crippen LogP contribution in [-0.4, -0.2) is 16.9 Å². The molecule has 0 bridgehead atoms. The van der Waals surface area contributed by atoms with Gasteiger partial charge in [-0.05, 0) is 41.5 Å². The molecular weight excluding hydrogens is 336 g/mol. The Morgan fingerprint density at radius 2 is 1.95 bits per heavy atom. The lowest BCUT2D eigenvalue weighted by atomic mass is 10.1. The Bertz CT molecular complexity index is 672. The third-order valence-electron chi connectivity index (χ3n) is 3.12. The number of carbonyl (C=O) groups excluding carboxylic acids is 1. The van der Waals surface area contributed by atoms with Crippen LogP contribution in [0.1, 0.15) is 23.7 Å². The first-order valence-corrected chi connectivity index (χ1v) is 7.51. The van der Waals surface area contributed by atoms with Crippen LogP contribution in [0, 0.1) is 0 Å². The molecule has 20 heavy (non-hydrogen) atoms. The summed E-state index contributed by atoms with van der Waals surface area (Å²) >= 11 is 8.36. The number of hydrogen-bond donors (Lipinski definition) is 2. The zero-order valence-electron chi connectivity index (χ0n) is 11.0. The van der Waals surface area contributed by atoms with Crippen LogP contribution < -0.4 is 11.1 Å². The van der Waals surface area contributed by atoms with Crippen LogP contribution >= 0.6 is 28.1 Å². The molecule has 0 aromatic heterocycles. The van der Waals surface area contributed by atoms with E-state index in [2.05, 4.69) is 21.2 Å². The number of fused-ring (bicyclic) bond motifs is 1. The molecule has 2 aromatic carbocycles. The molecule has 0 spiro atoms. The van der Waals surface area contributed by atoms with E-state index in [0.29, 0.717) is 17.0 Å². The van der Waals surface area contributed by atoms with Gasteiger partial charge in [0.2, 0.25) is 0 Å². The van der Waals surface area contributed by atoms with Gasteiger partial charge in [-0.15, -0.1) is 0 Å². The fraction of sp³-hybridized carbons (Fsp3) is 0.200. The highest BCUT2D eigenvalue weighted by molar-refractivity contribution is 9.10. The van der Waals surface area contributed by atoms with E-state index < -0.39 is 0 Å². The van der Waals surface area contributed by atoms with E-state index in [4.69, 9.17) is 18.0 Å². The van der Waals surface area contributed by atoms with Crippen molar-refractivity contribution in [3.63, 3.8) is 0 Å². The molecule has 1 atom stereocenters. The number of nitrogens with one attached hydrogen (secondary N) is 1. The molecule has 0 fully saturated rings. The quantitative estimate of drug-likeness (QED) is 0.831. The summed E-state index contributed by atoms with van der Waals surface area (Å²) in [6.45, 7) is 1.93. The Labute approximate surface area is 131 Å². The molecule has 0 aliphatic rings. The summed E-state index contributed by atoms with van der Waals surface area (Å²) in [7, 11) is 0. The molecule has 2 aromatic rings. The zero-order valence-corrected chi connectivity index (χ0v) is 13.4. The molecule has 0 aliphatic heterocycles. The fourth-order valence-corrected chi connectivity index (χ4v) is 2.58. The maximum Gasteiger partial charge on any atom is 0.251 e. The number of halogens is 1. The molecule has 3 N–H and O–H groups in total. The maximum atomic E-state index is 12.2. The van der Waals surface area contributed by atoms with E-state index >= 15 is 0 Å². The Morgan fingerprint density at radius 3 is 2.60 bits per heavy atom. The predicted molar refractivity (Wildman–Crippen MR) is 90.0 cm³/mol. The van der Waals surface area contributed by atoms with Gasteiger partial charge < -0.3 is 11.1 Å². The van der Waals surface area contributed by atoms with Crippen molar-refractivity contribution >= 4 is 49.8 Å². The summed E-state index contributed by atoms with van der Waals surface area (Å²) in [6.07, 6.45) is 0.682. The third kappa shape index (κ3) is 3.35.